The minimum Gasteiger partial charge on any atom is -0.0924 e. The summed E-state index contributed by atoms with van der Waals surface area (Å²) in [6, 6.07) is 9.48. The van der Waals surface area contributed by atoms with E-state index >= 15 is 0 Å². The number of aryl methyl sites for hydroxylation is 2. The first-order valence-electron chi connectivity index (χ1n) is 3.99. The molecule has 65 valence electrons. The van der Waals surface area contributed by atoms with Gasteiger partial charge in [0.15, 0.2) is 0 Å². The van der Waals surface area contributed by atoms with Crippen LogP contribution in [-0.2, 0) is 12.8 Å². The van der Waals surface area contributed by atoms with Gasteiger partial charge in [0, 0.05) is 10.7 Å². The molecule has 1 radical (unpaired) electrons. The summed E-state index contributed by atoms with van der Waals surface area (Å²) in [7, 11) is 0. The van der Waals surface area contributed by atoms with Crippen molar-refractivity contribution < 1.29 is 0 Å². The molecular formula is C10H11Br2. The van der Waals surface area contributed by atoms with Crippen LogP contribution in [0, 0.1) is 6.07 Å². The van der Waals surface area contributed by atoms with E-state index in [1.54, 1.807) is 0 Å². The van der Waals surface area contributed by atoms with Gasteiger partial charge in [-0.15, -0.1) is 0 Å². The van der Waals surface area contributed by atoms with Gasteiger partial charge >= 0.3 is 0 Å². The van der Waals surface area contributed by atoms with E-state index in [9.17, 15) is 0 Å². The van der Waals surface area contributed by atoms with Crippen molar-refractivity contribution in [2.24, 2.45) is 0 Å². The zero-order chi connectivity index (χ0) is 8.81. The zero-order valence-electron chi connectivity index (χ0n) is 6.82. The molecule has 0 saturated heterocycles. The standard InChI is InChI=1S/C10H11Br2/c11-7-5-9-3-1-2-4-10(9)6-8-12/h1-3H,5-8H2. The van der Waals surface area contributed by atoms with E-state index < -0.39 is 0 Å². The highest BCUT2D eigenvalue weighted by molar-refractivity contribution is 9.09. The molecular weight excluding hydrogens is 280 g/mol. The molecule has 0 aliphatic heterocycles. The molecule has 0 unspecified atom stereocenters. The molecule has 2 heteroatoms. The maximum atomic E-state index is 3.45. The maximum absolute atomic E-state index is 3.45. The fraction of sp³-hybridized carbons (Fsp3) is 0.400. The quantitative estimate of drug-likeness (QED) is 0.746. The second-order valence-corrected chi connectivity index (χ2v) is 4.14. The predicted octanol–water partition coefficient (Wildman–Crippen LogP) is 3.36. The number of alkyl halides is 2. The van der Waals surface area contributed by atoms with E-state index in [4.69, 9.17) is 0 Å². The lowest BCUT2D eigenvalue weighted by molar-refractivity contribution is 1.06. The molecule has 0 nitrogen and oxygen atoms in total. The fourth-order valence-electron chi connectivity index (χ4n) is 1.17. The van der Waals surface area contributed by atoms with Gasteiger partial charge in [0.2, 0.25) is 0 Å². The van der Waals surface area contributed by atoms with Crippen LogP contribution >= 0.6 is 31.9 Å². The maximum Gasteiger partial charge on any atom is 0.00721 e. The Bertz CT molecular complexity index is 208. The molecule has 0 N–H and O–H groups in total. The Labute approximate surface area is 90.6 Å². The van der Waals surface area contributed by atoms with Crippen LogP contribution in [0.3, 0.4) is 0 Å². The van der Waals surface area contributed by atoms with Gasteiger partial charge in [-0.2, -0.15) is 0 Å². The minimum atomic E-state index is 1.02. The number of halogens is 2. The highest BCUT2D eigenvalue weighted by atomic mass is 79.9. The predicted molar refractivity (Wildman–Crippen MR) is 60.3 cm³/mol. The lowest BCUT2D eigenvalue weighted by atomic mass is 10.0. The van der Waals surface area contributed by atoms with E-state index in [-0.39, 0.29) is 0 Å². The van der Waals surface area contributed by atoms with Gasteiger partial charge in [0.1, 0.15) is 0 Å². The Balaban J connectivity index is 2.77. The Morgan fingerprint density at radius 2 is 1.92 bits per heavy atom. The van der Waals surface area contributed by atoms with Crippen molar-refractivity contribution >= 4 is 31.9 Å². The monoisotopic (exact) mass is 289 g/mol. The molecule has 12 heavy (non-hydrogen) atoms. The summed E-state index contributed by atoms with van der Waals surface area (Å²) in [5.74, 6) is 0. The Morgan fingerprint density at radius 3 is 2.58 bits per heavy atom. The van der Waals surface area contributed by atoms with Gasteiger partial charge < -0.3 is 0 Å². The lowest BCUT2D eigenvalue weighted by Crippen LogP contribution is -1.95. The molecule has 0 aliphatic carbocycles. The SMILES string of the molecule is BrCCc1[c]cccc1CCBr. The van der Waals surface area contributed by atoms with Gasteiger partial charge in [0.25, 0.3) is 0 Å². The van der Waals surface area contributed by atoms with Crippen LogP contribution in [0.4, 0.5) is 0 Å². The van der Waals surface area contributed by atoms with Crippen molar-refractivity contribution in [3.8, 4) is 0 Å². The van der Waals surface area contributed by atoms with Crippen LogP contribution in [0.2, 0.25) is 0 Å². The number of benzene rings is 1. The van der Waals surface area contributed by atoms with Gasteiger partial charge in [0.05, 0.1) is 0 Å². The van der Waals surface area contributed by atoms with Crippen molar-refractivity contribution in [3.05, 3.63) is 35.4 Å². The number of hydrogen-bond acceptors (Lipinski definition) is 0. The van der Waals surface area contributed by atoms with E-state index in [0.29, 0.717) is 0 Å². The van der Waals surface area contributed by atoms with Gasteiger partial charge in [-0.3, -0.25) is 0 Å². The fourth-order valence-corrected chi connectivity index (χ4v) is 1.99. The van der Waals surface area contributed by atoms with Crippen LogP contribution < -0.4 is 0 Å². The average Bonchev–Trinajstić information content (AvgIpc) is 2.09. The van der Waals surface area contributed by atoms with Gasteiger partial charge in [-0.1, -0.05) is 50.1 Å². The summed E-state index contributed by atoms with van der Waals surface area (Å²) in [6.07, 6.45) is 2.17. The molecule has 0 fully saturated rings. The second-order valence-electron chi connectivity index (χ2n) is 2.55. The van der Waals surface area contributed by atoms with Crippen LogP contribution in [0.25, 0.3) is 0 Å². The average molecular weight is 291 g/mol. The van der Waals surface area contributed by atoms with E-state index in [1.165, 1.54) is 11.1 Å². The van der Waals surface area contributed by atoms with Crippen molar-refractivity contribution in [1.82, 2.24) is 0 Å². The Morgan fingerprint density at radius 1 is 1.17 bits per heavy atom. The van der Waals surface area contributed by atoms with Gasteiger partial charge in [-0.25, -0.2) is 0 Å². The summed E-state index contributed by atoms with van der Waals surface area (Å²) in [4.78, 5) is 0. The number of hydrogen-bond donors (Lipinski definition) is 0. The highest BCUT2D eigenvalue weighted by Crippen LogP contribution is 2.11. The van der Waals surface area contributed by atoms with Crippen molar-refractivity contribution in [1.29, 1.82) is 0 Å². The molecule has 1 aromatic rings. The first kappa shape index (κ1) is 10.3. The zero-order valence-corrected chi connectivity index (χ0v) is 9.99. The summed E-state index contributed by atoms with van der Waals surface area (Å²) >= 11 is 6.89. The summed E-state index contributed by atoms with van der Waals surface area (Å²) in [6.45, 7) is 0. The summed E-state index contributed by atoms with van der Waals surface area (Å²) in [5.41, 5.74) is 2.75. The molecule has 0 amide bonds. The largest absolute Gasteiger partial charge is 0.0924 e. The van der Waals surface area contributed by atoms with Crippen LogP contribution in [0.1, 0.15) is 11.1 Å². The normalized spacial score (nSPS) is 10.2. The van der Waals surface area contributed by atoms with Crippen molar-refractivity contribution in [2.45, 2.75) is 12.8 Å². The summed E-state index contributed by atoms with van der Waals surface area (Å²) < 4.78 is 0. The third-order valence-electron chi connectivity index (χ3n) is 1.75. The van der Waals surface area contributed by atoms with Gasteiger partial charge in [-0.05, 0) is 30.0 Å². The van der Waals surface area contributed by atoms with Crippen LogP contribution in [0.15, 0.2) is 18.2 Å². The molecule has 1 aromatic carbocycles. The van der Waals surface area contributed by atoms with Crippen LogP contribution in [-0.4, -0.2) is 10.7 Å². The van der Waals surface area contributed by atoms with Crippen molar-refractivity contribution in [2.75, 3.05) is 10.7 Å². The Kier molecular flexibility index (Phi) is 4.93. The lowest BCUT2D eigenvalue weighted by Gasteiger charge is -2.04. The molecule has 0 heterocycles. The van der Waals surface area contributed by atoms with E-state index in [2.05, 4.69) is 50.1 Å². The Hall–Kier alpha value is 0.180. The van der Waals surface area contributed by atoms with Crippen LogP contribution in [0.5, 0.6) is 0 Å². The molecule has 1 rings (SSSR count). The third kappa shape index (κ3) is 2.91. The molecule has 0 aliphatic rings. The van der Waals surface area contributed by atoms with E-state index in [0.717, 1.165) is 23.5 Å². The first-order valence-corrected chi connectivity index (χ1v) is 6.23. The topological polar surface area (TPSA) is 0 Å². The molecule has 0 atom stereocenters. The molecule has 0 aromatic heterocycles. The summed E-state index contributed by atoms with van der Waals surface area (Å²) in [5, 5.41) is 2.04. The first-order chi connectivity index (χ1) is 5.88. The van der Waals surface area contributed by atoms with E-state index in [1.807, 2.05) is 6.07 Å². The third-order valence-corrected chi connectivity index (χ3v) is 2.54. The molecule has 0 spiro atoms. The van der Waals surface area contributed by atoms with Crippen molar-refractivity contribution in [3.63, 3.8) is 0 Å². The smallest absolute Gasteiger partial charge is 0.00721 e. The molecule has 0 saturated carbocycles. The number of rotatable bonds is 4. The molecule has 0 bridgehead atoms. The minimum absolute atomic E-state index is 1.02. The highest BCUT2D eigenvalue weighted by Gasteiger charge is 1.99. The second kappa shape index (κ2) is 5.76.